The van der Waals surface area contributed by atoms with E-state index in [-0.39, 0.29) is 6.04 Å². The zero-order chi connectivity index (χ0) is 13.4. The molecule has 3 aromatic rings. The molecule has 0 fully saturated rings. The van der Waals surface area contributed by atoms with Crippen LogP contribution in [0.3, 0.4) is 0 Å². The van der Waals surface area contributed by atoms with Crippen LogP contribution in [0.2, 0.25) is 5.02 Å². The van der Waals surface area contributed by atoms with E-state index < -0.39 is 0 Å². The Morgan fingerprint density at radius 2 is 1.89 bits per heavy atom. The normalized spacial score (nSPS) is 12.8. The molecule has 0 radical (unpaired) electrons. The van der Waals surface area contributed by atoms with Crippen molar-refractivity contribution in [2.45, 2.75) is 13.0 Å². The molecule has 0 saturated heterocycles. The fraction of sp³-hybridized carbons (Fsp3) is 0.125. The van der Waals surface area contributed by atoms with Crippen LogP contribution in [0.15, 0.2) is 52.9 Å². The predicted octanol–water partition coefficient (Wildman–Crippen LogP) is 4.44. The lowest BCUT2D eigenvalue weighted by atomic mass is 10.1. The summed E-state index contributed by atoms with van der Waals surface area (Å²) in [7, 11) is 0. The van der Waals surface area contributed by atoms with Gasteiger partial charge < -0.3 is 10.2 Å². The molecule has 1 aromatic heterocycles. The van der Waals surface area contributed by atoms with Crippen LogP contribution in [-0.2, 0) is 0 Å². The molecule has 2 aromatic carbocycles. The van der Waals surface area contributed by atoms with Crippen molar-refractivity contribution >= 4 is 22.6 Å². The highest BCUT2D eigenvalue weighted by Gasteiger charge is 2.17. The molecule has 1 heterocycles. The Morgan fingerprint density at radius 1 is 1.11 bits per heavy atom. The summed E-state index contributed by atoms with van der Waals surface area (Å²) in [6.45, 7) is 2.02. The van der Waals surface area contributed by atoms with Crippen molar-refractivity contribution in [1.82, 2.24) is 0 Å². The largest absolute Gasteiger partial charge is 0.459 e. The summed E-state index contributed by atoms with van der Waals surface area (Å²) >= 11 is 6.18. The van der Waals surface area contributed by atoms with Gasteiger partial charge in [0.15, 0.2) is 0 Å². The standard InChI is InChI=1S/C16H14ClNO/c1-10-5-4-6-11-9-14(19-16(10)11)15(18)12-7-2-3-8-13(12)17/h2-9,15H,18H2,1H3. The SMILES string of the molecule is Cc1cccc2cc(C(N)c3ccccc3Cl)oc12. The van der Waals surface area contributed by atoms with E-state index in [2.05, 4.69) is 0 Å². The van der Waals surface area contributed by atoms with Gasteiger partial charge in [-0.2, -0.15) is 0 Å². The maximum absolute atomic E-state index is 6.25. The quantitative estimate of drug-likeness (QED) is 0.748. The van der Waals surface area contributed by atoms with Crippen LogP contribution in [0.4, 0.5) is 0 Å². The Bertz CT molecular complexity index is 732. The van der Waals surface area contributed by atoms with E-state index in [0.717, 1.165) is 27.9 Å². The van der Waals surface area contributed by atoms with Crippen molar-refractivity contribution in [3.63, 3.8) is 0 Å². The molecule has 0 aliphatic heterocycles. The fourth-order valence-corrected chi connectivity index (χ4v) is 2.52. The van der Waals surface area contributed by atoms with Crippen molar-refractivity contribution in [2.24, 2.45) is 5.73 Å². The third kappa shape index (κ3) is 2.14. The molecular weight excluding hydrogens is 258 g/mol. The Kier molecular flexibility index (Phi) is 3.05. The molecule has 1 unspecified atom stereocenters. The summed E-state index contributed by atoms with van der Waals surface area (Å²) in [4.78, 5) is 0. The second kappa shape index (κ2) is 4.72. The van der Waals surface area contributed by atoms with Gasteiger partial charge in [-0.05, 0) is 30.2 Å². The Hall–Kier alpha value is -1.77. The van der Waals surface area contributed by atoms with Crippen molar-refractivity contribution < 1.29 is 4.42 Å². The fourth-order valence-electron chi connectivity index (χ4n) is 2.26. The van der Waals surface area contributed by atoms with Gasteiger partial charge in [-0.25, -0.2) is 0 Å². The van der Waals surface area contributed by atoms with Gasteiger partial charge in [0.25, 0.3) is 0 Å². The number of benzene rings is 2. The minimum atomic E-state index is -0.347. The molecule has 0 spiro atoms. The van der Waals surface area contributed by atoms with Gasteiger partial charge in [0.05, 0.1) is 6.04 Å². The molecule has 3 rings (SSSR count). The second-order valence-electron chi connectivity index (χ2n) is 4.64. The van der Waals surface area contributed by atoms with Gasteiger partial charge in [-0.15, -0.1) is 0 Å². The summed E-state index contributed by atoms with van der Waals surface area (Å²) in [6.07, 6.45) is 0. The molecule has 19 heavy (non-hydrogen) atoms. The van der Waals surface area contributed by atoms with Crippen LogP contribution in [0, 0.1) is 6.92 Å². The monoisotopic (exact) mass is 271 g/mol. The maximum Gasteiger partial charge on any atom is 0.137 e. The van der Waals surface area contributed by atoms with Crippen LogP contribution < -0.4 is 5.73 Å². The minimum Gasteiger partial charge on any atom is -0.459 e. The van der Waals surface area contributed by atoms with Gasteiger partial charge in [-0.3, -0.25) is 0 Å². The van der Waals surface area contributed by atoms with Gasteiger partial charge in [0.2, 0.25) is 0 Å². The molecule has 1 atom stereocenters. The zero-order valence-corrected chi connectivity index (χ0v) is 11.3. The van der Waals surface area contributed by atoms with Crippen LogP contribution in [0.5, 0.6) is 0 Å². The van der Waals surface area contributed by atoms with E-state index in [0.29, 0.717) is 5.02 Å². The lowest BCUT2D eigenvalue weighted by Crippen LogP contribution is -2.11. The van der Waals surface area contributed by atoms with E-state index in [1.165, 1.54) is 0 Å². The second-order valence-corrected chi connectivity index (χ2v) is 5.05. The molecule has 3 heteroatoms. The van der Waals surface area contributed by atoms with Gasteiger partial charge in [0, 0.05) is 10.4 Å². The van der Waals surface area contributed by atoms with Crippen LogP contribution in [0.1, 0.15) is 22.9 Å². The molecule has 2 N–H and O–H groups in total. The van der Waals surface area contributed by atoms with E-state index >= 15 is 0 Å². The van der Waals surface area contributed by atoms with Crippen molar-refractivity contribution in [3.05, 3.63) is 70.4 Å². The number of rotatable bonds is 2. The van der Waals surface area contributed by atoms with E-state index in [4.69, 9.17) is 21.8 Å². The van der Waals surface area contributed by atoms with E-state index in [1.807, 2.05) is 55.5 Å². The lowest BCUT2D eigenvalue weighted by molar-refractivity contribution is 0.523. The lowest BCUT2D eigenvalue weighted by Gasteiger charge is -2.10. The minimum absolute atomic E-state index is 0.347. The van der Waals surface area contributed by atoms with Crippen molar-refractivity contribution in [2.75, 3.05) is 0 Å². The van der Waals surface area contributed by atoms with Crippen molar-refractivity contribution in [1.29, 1.82) is 0 Å². The number of hydrogen-bond donors (Lipinski definition) is 1. The molecule has 0 aliphatic carbocycles. The molecular formula is C16H14ClNO. The third-order valence-electron chi connectivity index (χ3n) is 3.31. The average molecular weight is 272 g/mol. The first-order valence-corrected chi connectivity index (χ1v) is 6.53. The molecule has 0 aliphatic rings. The summed E-state index contributed by atoms with van der Waals surface area (Å²) in [5.74, 6) is 0.734. The van der Waals surface area contributed by atoms with Crippen LogP contribution in [-0.4, -0.2) is 0 Å². The maximum atomic E-state index is 6.25. The summed E-state index contributed by atoms with van der Waals surface area (Å²) in [5.41, 5.74) is 9.12. The third-order valence-corrected chi connectivity index (χ3v) is 3.65. The van der Waals surface area contributed by atoms with Gasteiger partial charge >= 0.3 is 0 Å². The first kappa shape index (κ1) is 12.3. The first-order valence-electron chi connectivity index (χ1n) is 6.16. The number of aryl methyl sites for hydroxylation is 1. The number of para-hydroxylation sites is 1. The molecule has 0 amide bonds. The Labute approximate surface area is 116 Å². The summed E-state index contributed by atoms with van der Waals surface area (Å²) < 4.78 is 5.89. The Morgan fingerprint density at radius 3 is 2.63 bits per heavy atom. The summed E-state index contributed by atoms with van der Waals surface area (Å²) in [6, 6.07) is 15.3. The van der Waals surface area contributed by atoms with Gasteiger partial charge in [0.1, 0.15) is 11.3 Å². The van der Waals surface area contributed by atoms with Crippen LogP contribution >= 0.6 is 11.6 Å². The van der Waals surface area contributed by atoms with E-state index in [1.54, 1.807) is 0 Å². The number of fused-ring (bicyclic) bond motifs is 1. The first-order chi connectivity index (χ1) is 9.16. The van der Waals surface area contributed by atoms with Crippen molar-refractivity contribution in [3.8, 4) is 0 Å². The number of hydrogen-bond acceptors (Lipinski definition) is 2. The van der Waals surface area contributed by atoms with E-state index in [9.17, 15) is 0 Å². The van der Waals surface area contributed by atoms with Gasteiger partial charge in [-0.1, -0.05) is 48.0 Å². The topological polar surface area (TPSA) is 39.2 Å². The predicted molar refractivity (Wildman–Crippen MR) is 78.4 cm³/mol. The molecule has 0 saturated carbocycles. The highest BCUT2D eigenvalue weighted by atomic mass is 35.5. The highest BCUT2D eigenvalue weighted by Crippen LogP contribution is 2.31. The zero-order valence-electron chi connectivity index (χ0n) is 10.6. The van der Waals surface area contributed by atoms with Crippen LogP contribution in [0.25, 0.3) is 11.0 Å². The highest BCUT2D eigenvalue weighted by molar-refractivity contribution is 6.31. The summed E-state index contributed by atoms with van der Waals surface area (Å²) in [5, 5.41) is 1.73. The number of furan rings is 1. The number of nitrogens with two attached hydrogens (primary N) is 1. The number of halogens is 1. The smallest absolute Gasteiger partial charge is 0.137 e. The molecule has 0 bridgehead atoms. The molecule has 2 nitrogen and oxygen atoms in total. The molecule has 96 valence electrons. The Balaban J connectivity index is 2.10. The average Bonchev–Trinajstić information content (AvgIpc) is 2.84.